The standard InChI is InChI=1S/C18H24N4O4S2/c1-12-6-8-14(9-7-12)28(24,25)22(3)16-15(10-19-18(21-16)27-5)17(23)20-13(2)11-26-4/h6-10,13H,11H2,1-5H3,(H,20,23)/t13-/m0/s1. The Morgan fingerprint density at radius 3 is 2.54 bits per heavy atom. The first-order valence-corrected chi connectivity index (χ1v) is 11.1. The number of aromatic nitrogens is 2. The van der Waals surface area contributed by atoms with Crippen LogP contribution in [0.3, 0.4) is 0 Å². The Labute approximate surface area is 169 Å². The number of benzene rings is 1. The normalized spacial score (nSPS) is 12.5. The quantitative estimate of drug-likeness (QED) is 0.511. The largest absolute Gasteiger partial charge is 0.383 e. The van der Waals surface area contributed by atoms with Gasteiger partial charge in [0.2, 0.25) is 0 Å². The Bertz CT molecular complexity index is 933. The molecule has 0 fully saturated rings. The number of amides is 1. The molecule has 2 aromatic rings. The molecule has 1 aromatic heterocycles. The fourth-order valence-corrected chi connectivity index (χ4v) is 3.93. The number of sulfonamides is 1. The van der Waals surface area contributed by atoms with Gasteiger partial charge in [0.1, 0.15) is 5.56 Å². The second-order valence-electron chi connectivity index (χ2n) is 6.21. The van der Waals surface area contributed by atoms with Crippen LogP contribution in [0.4, 0.5) is 5.82 Å². The minimum Gasteiger partial charge on any atom is -0.383 e. The number of anilines is 1. The summed E-state index contributed by atoms with van der Waals surface area (Å²) in [6.45, 7) is 3.98. The van der Waals surface area contributed by atoms with Gasteiger partial charge >= 0.3 is 0 Å². The molecule has 0 aliphatic heterocycles. The molecule has 0 saturated heterocycles. The minimum atomic E-state index is -3.90. The van der Waals surface area contributed by atoms with E-state index in [0.717, 1.165) is 9.87 Å². The summed E-state index contributed by atoms with van der Waals surface area (Å²) in [6.07, 6.45) is 3.11. The molecule has 1 N–H and O–H groups in total. The molecule has 1 heterocycles. The lowest BCUT2D eigenvalue weighted by Crippen LogP contribution is -2.37. The molecule has 0 bridgehead atoms. The number of hydrogen-bond acceptors (Lipinski definition) is 7. The van der Waals surface area contributed by atoms with E-state index in [4.69, 9.17) is 4.74 Å². The molecule has 8 nitrogen and oxygen atoms in total. The monoisotopic (exact) mass is 424 g/mol. The van der Waals surface area contributed by atoms with Gasteiger partial charge in [-0.2, -0.15) is 0 Å². The number of carbonyl (C=O) groups is 1. The van der Waals surface area contributed by atoms with E-state index in [1.165, 1.54) is 44.2 Å². The lowest BCUT2D eigenvalue weighted by Gasteiger charge is -2.22. The van der Waals surface area contributed by atoms with Crippen LogP contribution in [-0.2, 0) is 14.8 Å². The van der Waals surface area contributed by atoms with Gasteiger partial charge in [0.05, 0.1) is 11.5 Å². The van der Waals surface area contributed by atoms with E-state index in [1.54, 1.807) is 25.3 Å². The van der Waals surface area contributed by atoms with E-state index in [1.807, 2.05) is 6.92 Å². The predicted octanol–water partition coefficient (Wildman–Crippen LogP) is 2.10. The second kappa shape index (κ2) is 9.35. The van der Waals surface area contributed by atoms with E-state index in [9.17, 15) is 13.2 Å². The molecule has 1 atom stereocenters. The molecule has 0 aliphatic rings. The van der Waals surface area contributed by atoms with Crippen LogP contribution in [0.5, 0.6) is 0 Å². The van der Waals surface area contributed by atoms with Crippen molar-refractivity contribution >= 4 is 33.5 Å². The topological polar surface area (TPSA) is 101 Å². The van der Waals surface area contributed by atoms with Crippen molar-refractivity contribution in [1.82, 2.24) is 15.3 Å². The number of hydrogen-bond donors (Lipinski definition) is 1. The molecule has 28 heavy (non-hydrogen) atoms. The van der Waals surface area contributed by atoms with Crippen molar-refractivity contribution in [3.05, 3.63) is 41.6 Å². The van der Waals surface area contributed by atoms with Gasteiger partial charge in [-0.15, -0.1) is 0 Å². The van der Waals surface area contributed by atoms with Crippen molar-refractivity contribution in [2.75, 3.05) is 31.3 Å². The third kappa shape index (κ3) is 5.00. The molecule has 0 saturated carbocycles. The third-order valence-electron chi connectivity index (χ3n) is 3.95. The van der Waals surface area contributed by atoms with E-state index in [2.05, 4.69) is 15.3 Å². The Morgan fingerprint density at radius 2 is 1.96 bits per heavy atom. The van der Waals surface area contributed by atoms with Crippen LogP contribution in [0.15, 0.2) is 40.5 Å². The number of methoxy groups -OCH3 is 1. The molecule has 2 rings (SSSR count). The molecule has 0 spiro atoms. The Morgan fingerprint density at radius 1 is 1.32 bits per heavy atom. The molecule has 1 amide bonds. The molecule has 152 valence electrons. The van der Waals surface area contributed by atoms with E-state index in [-0.39, 0.29) is 22.3 Å². The van der Waals surface area contributed by atoms with Crippen LogP contribution in [-0.4, -0.2) is 57.4 Å². The van der Waals surface area contributed by atoms with Crippen LogP contribution in [0.25, 0.3) is 0 Å². The number of nitrogens with one attached hydrogen (secondary N) is 1. The fourth-order valence-electron chi connectivity index (χ4n) is 2.43. The lowest BCUT2D eigenvalue weighted by atomic mass is 10.2. The van der Waals surface area contributed by atoms with E-state index < -0.39 is 15.9 Å². The number of thioether (sulfide) groups is 1. The molecule has 0 radical (unpaired) electrons. The molecule has 0 aliphatic carbocycles. The lowest BCUT2D eigenvalue weighted by molar-refractivity contribution is 0.0905. The molecule has 1 aromatic carbocycles. The highest BCUT2D eigenvalue weighted by Gasteiger charge is 2.27. The molecule has 10 heteroatoms. The zero-order valence-corrected chi connectivity index (χ0v) is 18.1. The molecular weight excluding hydrogens is 400 g/mol. The van der Waals surface area contributed by atoms with E-state index in [0.29, 0.717) is 11.8 Å². The van der Waals surface area contributed by atoms with Crippen molar-refractivity contribution < 1.29 is 17.9 Å². The van der Waals surface area contributed by atoms with Crippen LogP contribution in [0, 0.1) is 6.92 Å². The average Bonchev–Trinajstić information content (AvgIpc) is 2.67. The molecule has 0 unspecified atom stereocenters. The zero-order chi connectivity index (χ0) is 20.9. The van der Waals surface area contributed by atoms with Gasteiger partial charge in [-0.1, -0.05) is 29.5 Å². The summed E-state index contributed by atoms with van der Waals surface area (Å²) in [7, 11) is -0.993. The van der Waals surface area contributed by atoms with Crippen LogP contribution < -0.4 is 9.62 Å². The van der Waals surface area contributed by atoms with Gasteiger partial charge in [-0.25, -0.2) is 18.4 Å². The SMILES string of the molecule is COC[C@H](C)NC(=O)c1cnc(SC)nc1N(C)S(=O)(=O)c1ccc(C)cc1. The Balaban J connectivity index is 2.47. The van der Waals surface area contributed by atoms with Crippen LogP contribution in [0.1, 0.15) is 22.8 Å². The Hall–Kier alpha value is -2.17. The number of nitrogens with zero attached hydrogens (tertiary/aromatic N) is 3. The highest BCUT2D eigenvalue weighted by atomic mass is 32.2. The van der Waals surface area contributed by atoms with Gasteiger partial charge in [-0.3, -0.25) is 9.10 Å². The first-order valence-electron chi connectivity index (χ1n) is 8.47. The predicted molar refractivity (Wildman–Crippen MR) is 109 cm³/mol. The maximum atomic E-state index is 13.1. The van der Waals surface area contributed by atoms with Crippen molar-refractivity contribution in [3.63, 3.8) is 0 Å². The minimum absolute atomic E-state index is 0.0158. The maximum Gasteiger partial charge on any atom is 0.265 e. The summed E-state index contributed by atoms with van der Waals surface area (Å²) in [5.74, 6) is -0.458. The zero-order valence-electron chi connectivity index (χ0n) is 16.5. The van der Waals surface area contributed by atoms with Gasteiger partial charge in [0.15, 0.2) is 11.0 Å². The number of rotatable bonds is 8. The van der Waals surface area contributed by atoms with Gasteiger partial charge in [0.25, 0.3) is 15.9 Å². The summed E-state index contributed by atoms with van der Waals surface area (Å²) in [5.41, 5.74) is 1.01. The van der Waals surface area contributed by atoms with Gasteiger partial charge < -0.3 is 10.1 Å². The van der Waals surface area contributed by atoms with Crippen molar-refractivity contribution in [3.8, 4) is 0 Å². The smallest absolute Gasteiger partial charge is 0.265 e. The fraction of sp³-hybridized carbons (Fsp3) is 0.389. The van der Waals surface area contributed by atoms with Gasteiger partial charge in [-0.05, 0) is 32.2 Å². The third-order valence-corrected chi connectivity index (χ3v) is 6.27. The summed E-state index contributed by atoms with van der Waals surface area (Å²) >= 11 is 1.26. The maximum absolute atomic E-state index is 13.1. The van der Waals surface area contributed by atoms with Crippen molar-refractivity contribution in [1.29, 1.82) is 0 Å². The van der Waals surface area contributed by atoms with Gasteiger partial charge in [0, 0.05) is 26.4 Å². The first kappa shape index (κ1) is 22.1. The number of aryl methyl sites for hydroxylation is 1. The average molecular weight is 425 g/mol. The summed E-state index contributed by atoms with van der Waals surface area (Å²) in [6, 6.07) is 6.23. The highest BCUT2D eigenvalue weighted by Crippen LogP contribution is 2.25. The number of ether oxygens (including phenoxy) is 1. The summed E-state index contributed by atoms with van der Waals surface area (Å²) in [4.78, 5) is 21.2. The van der Waals surface area contributed by atoms with Crippen LogP contribution in [0.2, 0.25) is 0 Å². The number of carbonyl (C=O) groups excluding carboxylic acids is 1. The van der Waals surface area contributed by atoms with Crippen LogP contribution >= 0.6 is 11.8 Å². The molecular formula is C18H24N4O4S2. The summed E-state index contributed by atoms with van der Waals surface area (Å²) in [5, 5.41) is 3.12. The first-order chi connectivity index (χ1) is 13.2. The van der Waals surface area contributed by atoms with Crippen molar-refractivity contribution in [2.45, 2.75) is 29.9 Å². The summed E-state index contributed by atoms with van der Waals surface area (Å²) < 4.78 is 32.1. The van der Waals surface area contributed by atoms with Crippen molar-refractivity contribution in [2.24, 2.45) is 0 Å². The Kier molecular flexibility index (Phi) is 7.39. The highest BCUT2D eigenvalue weighted by molar-refractivity contribution is 7.98. The van der Waals surface area contributed by atoms with E-state index >= 15 is 0 Å². The second-order valence-corrected chi connectivity index (χ2v) is 8.95.